The first-order valence-electron chi connectivity index (χ1n) is 8.05. The molecule has 0 aromatic heterocycles. The number of rotatable bonds is 5. The van der Waals surface area contributed by atoms with E-state index in [1.165, 1.54) is 24.5 Å². The van der Waals surface area contributed by atoms with E-state index in [-0.39, 0.29) is 5.75 Å². The molecule has 0 aliphatic heterocycles. The van der Waals surface area contributed by atoms with Gasteiger partial charge in [-0.3, -0.25) is 0 Å². The van der Waals surface area contributed by atoms with Gasteiger partial charge in [-0.15, -0.1) is 0 Å². The molecule has 0 amide bonds. The summed E-state index contributed by atoms with van der Waals surface area (Å²) >= 11 is 0. The SMILES string of the molecule is CC#CC#CC#COc1cc2ccc(CCCCC)cc2cc1F. The normalized spacial score (nSPS) is 9.12. The summed E-state index contributed by atoms with van der Waals surface area (Å²) in [5, 5.41) is 1.80. The fourth-order valence-corrected chi connectivity index (χ4v) is 2.34. The Kier molecular flexibility index (Phi) is 6.76. The molecule has 2 aromatic rings. The van der Waals surface area contributed by atoms with Crippen LogP contribution in [0.4, 0.5) is 4.39 Å². The Labute approximate surface area is 143 Å². The van der Waals surface area contributed by atoms with Crippen LogP contribution in [0.15, 0.2) is 30.3 Å². The summed E-state index contributed by atoms with van der Waals surface area (Å²) in [5.41, 5.74) is 1.23. The van der Waals surface area contributed by atoms with E-state index in [1.54, 1.807) is 13.0 Å². The van der Waals surface area contributed by atoms with Crippen LogP contribution in [0.5, 0.6) is 5.75 Å². The molecule has 0 N–H and O–H groups in total. The van der Waals surface area contributed by atoms with Crippen LogP contribution >= 0.6 is 0 Å². The van der Waals surface area contributed by atoms with E-state index in [2.05, 4.69) is 48.7 Å². The third-order valence-corrected chi connectivity index (χ3v) is 3.55. The quantitative estimate of drug-likeness (QED) is 0.552. The Balaban J connectivity index is 2.16. The first-order chi connectivity index (χ1) is 11.7. The molecule has 0 heterocycles. The Bertz CT molecular complexity index is 892. The maximum absolute atomic E-state index is 14.1. The number of unbranched alkanes of at least 4 members (excludes halogenated alkanes) is 2. The Morgan fingerprint density at radius 3 is 2.58 bits per heavy atom. The summed E-state index contributed by atoms with van der Waals surface area (Å²) in [5.74, 6) is 12.4. The van der Waals surface area contributed by atoms with Crippen molar-refractivity contribution in [1.29, 1.82) is 0 Å². The molecular weight excluding hydrogens is 299 g/mol. The second-order valence-corrected chi connectivity index (χ2v) is 5.38. The number of hydrogen-bond acceptors (Lipinski definition) is 1. The van der Waals surface area contributed by atoms with Crippen LogP contribution in [0, 0.1) is 41.5 Å². The molecule has 24 heavy (non-hydrogen) atoms. The van der Waals surface area contributed by atoms with Crippen molar-refractivity contribution < 1.29 is 9.13 Å². The third kappa shape index (κ3) is 5.08. The Morgan fingerprint density at radius 1 is 0.958 bits per heavy atom. The number of fused-ring (bicyclic) bond motifs is 1. The van der Waals surface area contributed by atoms with E-state index >= 15 is 0 Å². The van der Waals surface area contributed by atoms with Gasteiger partial charge in [-0.25, -0.2) is 4.39 Å². The lowest BCUT2D eigenvalue weighted by Crippen LogP contribution is -1.90. The van der Waals surface area contributed by atoms with Crippen molar-refractivity contribution in [2.45, 2.75) is 39.5 Å². The molecule has 2 heteroatoms. The molecule has 2 aromatic carbocycles. The highest BCUT2D eigenvalue weighted by Crippen LogP contribution is 2.26. The van der Waals surface area contributed by atoms with Gasteiger partial charge in [0.1, 0.15) is 6.11 Å². The standard InChI is InChI=1S/C22H19FO/c1-3-5-7-8-10-14-24-22-17-19-13-12-18(11-9-6-4-2)15-20(19)16-21(22)23/h12-13,15-17H,4,6,9,11H2,1-2H3. The first kappa shape index (κ1) is 17.5. The molecule has 0 fully saturated rings. The minimum atomic E-state index is -0.427. The molecule has 0 aliphatic carbocycles. The second kappa shape index (κ2) is 9.29. The minimum Gasteiger partial charge on any atom is -0.403 e. The summed E-state index contributed by atoms with van der Waals surface area (Å²) < 4.78 is 19.3. The van der Waals surface area contributed by atoms with Crippen molar-refractivity contribution in [2.24, 2.45) is 0 Å². The van der Waals surface area contributed by atoms with Crippen LogP contribution in [0.1, 0.15) is 38.7 Å². The van der Waals surface area contributed by atoms with Crippen molar-refractivity contribution in [3.05, 3.63) is 41.7 Å². The summed E-state index contributed by atoms with van der Waals surface area (Å²) in [4.78, 5) is 0. The lowest BCUT2D eigenvalue weighted by Gasteiger charge is -2.06. The van der Waals surface area contributed by atoms with Gasteiger partial charge in [0.05, 0.1) is 0 Å². The highest BCUT2D eigenvalue weighted by atomic mass is 19.1. The molecule has 0 saturated carbocycles. The molecule has 0 radical (unpaired) electrons. The second-order valence-electron chi connectivity index (χ2n) is 5.38. The van der Waals surface area contributed by atoms with Gasteiger partial charge in [0.25, 0.3) is 0 Å². The molecule has 0 saturated heterocycles. The van der Waals surface area contributed by atoms with Crippen LogP contribution in [0.2, 0.25) is 0 Å². The number of hydrogen-bond donors (Lipinski definition) is 0. The van der Waals surface area contributed by atoms with Crippen LogP contribution in [-0.4, -0.2) is 0 Å². The fourth-order valence-electron chi connectivity index (χ4n) is 2.34. The van der Waals surface area contributed by atoms with Crippen molar-refractivity contribution in [3.8, 4) is 41.5 Å². The largest absolute Gasteiger partial charge is 0.403 e. The Hall–Kier alpha value is -2.89. The van der Waals surface area contributed by atoms with Crippen molar-refractivity contribution in [3.63, 3.8) is 0 Å². The molecule has 2 rings (SSSR count). The molecule has 0 bridgehead atoms. The van der Waals surface area contributed by atoms with Gasteiger partial charge in [-0.2, -0.15) is 0 Å². The lowest BCUT2D eigenvalue weighted by atomic mass is 10.0. The molecule has 120 valence electrons. The Morgan fingerprint density at radius 2 is 1.79 bits per heavy atom. The number of ether oxygens (including phenoxy) is 1. The molecule has 1 nitrogen and oxygen atoms in total. The van der Waals surface area contributed by atoms with Gasteiger partial charge in [0.2, 0.25) is 0 Å². The van der Waals surface area contributed by atoms with Crippen LogP contribution in [-0.2, 0) is 6.42 Å². The number of halogens is 1. The van der Waals surface area contributed by atoms with Gasteiger partial charge < -0.3 is 4.74 Å². The average Bonchev–Trinajstić information content (AvgIpc) is 2.58. The first-order valence-corrected chi connectivity index (χ1v) is 8.05. The van der Waals surface area contributed by atoms with Crippen molar-refractivity contribution in [1.82, 2.24) is 0 Å². The molecule has 0 atom stereocenters. The summed E-state index contributed by atoms with van der Waals surface area (Å²) in [6.07, 6.45) is 6.97. The maximum atomic E-state index is 14.1. The van der Waals surface area contributed by atoms with E-state index in [1.807, 2.05) is 12.1 Å². The highest BCUT2D eigenvalue weighted by Gasteiger charge is 2.06. The topological polar surface area (TPSA) is 9.23 Å². The van der Waals surface area contributed by atoms with Crippen molar-refractivity contribution >= 4 is 10.8 Å². The smallest absolute Gasteiger partial charge is 0.176 e. The van der Waals surface area contributed by atoms with E-state index in [0.717, 1.165) is 23.6 Å². The average molecular weight is 318 g/mol. The minimum absolute atomic E-state index is 0.108. The fraction of sp³-hybridized carbons (Fsp3) is 0.273. The van der Waals surface area contributed by atoms with Crippen LogP contribution in [0.3, 0.4) is 0 Å². The summed E-state index contributed by atoms with van der Waals surface area (Å²) in [6.45, 7) is 3.88. The monoisotopic (exact) mass is 318 g/mol. The van der Waals surface area contributed by atoms with E-state index in [9.17, 15) is 4.39 Å². The van der Waals surface area contributed by atoms with Crippen LogP contribution < -0.4 is 4.74 Å². The number of benzene rings is 2. The van der Waals surface area contributed by atoms with E-state index in [4.69, 9.17) is 4.74 Å². The summed E-state index contributed by atoms with van der Waals surface area (Å²) in [7, 11) is 0. The van der Waals surface area contributed by atoms with Crippen molar-refractivity contribution in [2.75, 3.05) is 0 Å². The predicted molar refractivity (Wildman–Crippen MR) is 96.8 cm³/mol. The summed E-state index contributed by atoms with van der Waals surface area (Å²) in [6, 6.07) is 9.27. The lowest BCUT2D eigenvalue weighted by molar-refractivity contribution is 0.471. The van der Waals surface area contributed by atoms with Crippen LogP contribution in [0.25, 0.3) is 10.8 Å². The van der Waals surface area contributed by atoms with Gasteiger partial charge in [-0.1, -0.05) is 43.9 Å². The zero-order valence-corrected chi connectivity index (χ0v) is 14.0. The molecule has 0 aliphatic rings. The van der Waals surface area contributed by atoms with E-state index < -0.39 is 5.82 Å². The highest BCUT2D eigenvalue weighted by molar-refractivity contribution is 5.84. The van der Waals surface area contributed by atoms with Gasteiger partial charge in [0.15, 0.2) is 11.6 Å². The zero-order chi connectivity index (χ0) is 17.2. The number of aryl methyl sites for hydroxylation is 1. The molecule has 0 spiro atoms. The molecule has 0 unspecified atom stereocenters. The maximum Gasteiger partial charge on any atom is 0.176 e. The molecular formula is C22H19FO. The zero-order valence-electron chi connectivity index (χ0n) is 14.0. The third-order valence-electron chi connectivity index (χ3n) is 3.55. The van der Waals surface area contributed by atoms with Gasteiger partial charge in [-0.05, 0) is 60.1 Å². The van der Waals surface area contributed by atoms with E-state index in [0.29, 0.717) is 0 Å². The van der Waals surface area contributed by atoms with Gasteiger partial charge >= 0.3 is 0 Å². The predicted octanol–water partition coefficient (Wildman–Crippen LogP) is 5.08. The van der Waals surface area contributed by atoms with Gasteiger partial charge in [0, 0.05) is 11.8 Å².